The molecule has 6 nitrogen and oxygen atoms in total. The molecule has 0 radical (unpaired) electrons. The molecule has 28 heavy (non-hydrogen) atoms. The molecule has 1 aromatic carbocycles. The summed E-state index contributed by atoms with van der Waals surface area (Å²) in [6, 6.07) is 10.4. The maximum atomic E-state index is 13.1. The SMILES string of the molecule is O=C1NCCCCO[C@H]2CN(Cc3ccc(F)cn3)C[C@H]2Oc2ccccc21. The number of nitrogens with one attached hydrogen (secondary N) is 1. The van der Waals surface area contributed by atoms with Gasteiger partial charge in [-0.15, -0.1) is 0 Å². The van der Waals surface area contributed by atoms with E-state index in [1.54, 1.807) is 12.1 Å². The lowest BCUT2D eigenvalue weighted by Crippen LogP contribution is -2.34. The largest absolute Gasteiger partial charge is 0.485 e. The average molecular weight is 385 g/mol. The molecule has 0 bridgehead atoms. The van der Waals surface area contributed by atoms with E-state index >= 15 is 0 Å². The van der Waals surface area contributed by atoms with Crippen LogP contribution < -0.4 is 10.1 Å². The molecular formula is C21H24FN3O3. The van der Waals surface area contributed by atoms with Crippen LogP contribution in [0.2, 0.25) is 0 Å². The third-order valence-electron chi connectivity index (χ3n) is 5.06. The number of aromatic nitrogens is 1. The summed E-state index contributed by atoms with van der Waals surface area (Å²) in [5.74, 6) is 0.118. The fourth-order valence-corrected chi connectivity index (χ4v) is 3.63. The highest BCUT2D eigenvalue weighted by molar-refractivity contribution is 5.96. The van der Waals surface area contributed by atoms with Crippen molar-refractivity contribution in [1.82, 2.24) is 15.2 Å². The van der Waals surface area contributed by atoms with Crippen molar-refractivity contribution in [3.05, 3.63) is 59.7 Å². The molecule has 1 N–H and O–H groups in total. The summed E-state index contributed by atoms with van der Waals surface area (Å²) in [6.07, 6.45) is 2.71. The van der Waals surface area contributed by atoms with Crippen molar-refractivity contribution in [3.63, 3.8) is 0 Å². The van der Waals surface area contributed by atoms with Gasteiger partial charge in [-0.3, -0.25) is 14.7 Å². The number of carbonyl (C=O) groups is 1. The highest BCUT2D eigenvalue weighted by Gasteiger charge is 2.36. The van der Waals surface area contributed by atoms with Crippen LogP contribution in [0.5, 0.6) is 5.75 Å². The summed E-state index contributed by atoms with van der Waals surface area (Å²) in [5.41, 5.74) is 1.35. The number of halogens is 1. The lowest BCUT2D eigenvalue weighted by atomic mass is 10.1. The van der Waals surface area contributed by atoms with Gasteiger partial charge in [0.1, 0.15) is 23.8 Å². The molecule has 2 atom stereocenters. The normalized spacial score (nSPS) is 23.5. The number of hydrogen-bond donors (Lipinski definition) is 1. The number of pyridine rings is 1. The second kappa shape index (κ2) is 8.67. The van der Waals surface area contributed by atoms with Crippen LogP contribution in [-0.2, 0) is 11.3 Å². The van der Waals surface area contributed by atoms with E-state index in [1.807, 2.05) is 18.2 Å². The van der Waals surface area contributed by atoms with Gasteiger partial charge in [0, 0.05) is 32.8 Å². The van der Waals surface area contributed by atoms with E-state index < -0.39 is 0 Å². The Hall–Kier alpha value is -2.51. The Morgan fingerprint density at radius 1 is 1.14 bits per heavy atom. The maximum Gasteiger partial charge on any atom is 0.255 e. The molecule has 2 aliphatic heterocycles. The van der Waals surface area contributed by atoms with Crippen molar-refractivity contribution in [2.45, 2.75) is 31.6 Å². The third kappa shape index (κ3) is 4.48. The molecule has 148 valence electrons. The van der Waals surface area contributed by atoms with Gasteiger partial charge in [-0.2, -0.15) is 0 Å². The molecule has 0 unspecified atom stereocenters. The Balaban J connectivity index is 1.52. The quantitative estimate of drug-likeness (QED) is 0.860. The Morgan fingerprint density at radius 2 is 2.00 bits per heavy atom. The summed E-state index contributed by atoms with van der Waals surface area (Å²) in [7, 11) is 0. The summed E-state index contributed by atoms with van der Waals surface area (Å²) in [5, 5.41) is 2.94. The third-order valence-corrected chi connectivity index (χ3v) is 5.06. The first-order chi connectivity index (χ1) is 13.7. The number of ether oxygens (including phenoxy) is 2. The maximum absolute atomic E-state index is 13.1. The van der Waals surface area contributed by atoms with Crippen LogP contribution in [0.4, 0.5) is 4.39 Å². The number of amides is 1. The number of nitrogens with zero attached hydrogens (tertiary/aromatic N) is 2. The summed E-state index contributed by atoms with van der Waals surface area (Å²) in [6.45, 7) is 3.21. The molecule has 1 saturated heterocycles. The van der Waals surface area contributed by atoms with Crippen molar-refractivity contribution in [1.29, 1.82) is 0 Å². The molecule has 7 heteroatoms. The van der Waals surface area contributed by atoms with Gasteiger partial charge in [-0.25, -0.2) is 4.39 Å². The first-order valence-electron chi connectivity index (χ1n) is 9.67. The van der Waals surface area contributed by atoms with E-state index in [0.29, 0.717) is 44.1 Å². The zero-order valence-electron chi connectivity index (χ0n) is 15.6. The zero-order chi connectivity index (χ0) is 19.3. The fourth-order valence-electron chi connectivity index (χ4n) is 3.63. The van der Waals surface area contributed by atoms with Crippen LogP contribution in [-0.4, -0.2) is 54.2 Å². The van der Waals surface area contributed by atoms with Crippen LogP contribution in [0.1, 0.15) is 28.9 Å². The first-order valence-corrected chi connectivity index (χ1v) is 9.67. The Labute approximate surface area is 163 Å². The molecule has 4 rings (SSSR count). The van der Waals surface area contributed by atoms with E-state index in [9.17, 15) is 9.18 Å². The molecule has 0 aliphatic carbocycles. The van der Waals surface area contributed by atoms with Crippen molar-refractivity contribution in [3.8, 4) is 5.75 Å². The molecule has 1 fully saturated rings. The highest BCUT2D eigenvalue weighted by atomic mass is 19.1. The van der Waals surface area contributed by atoms with Crippen molar-refractivity contribution >= 4 is 5.91 Å². The van der Waals surface area contributed by atoms with E-state index in [2.05, 4.69) is 15.2 Å². The highest BCUT2D eigenvalue weighted by Crippen LogP contribution is 2.25. The van der Waals surface area contributed by atoms with Crippen LogP contribution in [0.15, 0.2) is 42.6 Å². The second-order valence-corrected chi connectivity index (χ2v) is 7.19. The summed E-state index contributed by atoms with van der Waals surface area (Å²) >= 11 is 0. The predicted octanol–water partition coefficient (Wildman–Crippen LogP) is 2.39. The van der Waals surface area contributed by atoms with Crippen molar-refractivity contribution < 1.29 is 18.7 Å². The Bertz CT molecular complexity index is 815. The van der Waals surface area contributed by atoms with Gasteiger partial charge in [0.25, 0.3) is 5.91 Å². The minimum atomic E-state index is -0.340. The molecule has 1 amide bonds. The molecule has 0 spiro atoms. The van der Waals surface area contributed by atoms with Gasteiger partial charge >= 0.3 is 0 Å². The molecular weight excluding hydrogens is 361 g/mol. The molecule has 2 aromatic rings. The topological polar surface area (TPSA) is 63.7 Å². The number of rotatable bonds is 2. The predicted molar refractivity (Wildman–Crippen MR) is 102 cm³/mol. The number of para-hydroxylation sites is 1. The van der Waals surface area contributed by atoms with Crippen molar-refractivity contribution in [2.75, 3.05) is 26.2 Å². The van der Waals surface area contributed by atoms with Gasteiger partial charge in [0.2, 0.25) is 0 Å². The monoisotopic (exact) mass is 385 g/mol. The Morgan fingerprint density at radius 3 is 2.86 bits per heavy atom. The average Bonchev–Trinajstić information content (AvgIpc) is 3.06. The minimum Gasteiger partial charge on any atom is -0.485 e. The van der Waals surface area contributed by atoms with Gasteiger partial charge in [0.05, 0.1) is 17.5 Å². The van der Waals surface area contributed by atoms with Crippen LogP contribution in [0, 0.1) is 5.82 Å². The standard InChI is InChI=1S/C21H24FN3O3/c22-15-7-8-16(24-11-15)12-25-13-19-20(14-25)28-18-6-2-1-5-17(18)21(26)23-9-3-4-10-27-19/h1-2,5-8,11,19-20H,3-4,9-10,12-14H2,(H,23,26)/t19-,20+/m0/s1. The lowest BCUT2D eigenvalue weighted by molar-refractivity contribution is -0.000381. The molecule has 0 saturated carbocycles. The second-order valence-electron chi connectivity index (χ2n) is 7.19. The minimum absolute atomic E-state index is 0.0870. The van der Waals surface area contributed by atoms with Gasteiger partial charge < -0.3 is 14.8 Å². The van der Waals surface area contributed by atoms with Gasteiger partial charge in [0.15, 0.2) is 0 Å². The van der Waals surface area contributed by atoms with Crippen molar-refractivity contribution in [2.24, 2.45) is 0 Å². The molecule has 3 heterocycles. The van der Waals surface area contributed by atoms with E-state index in [4.69, 9.17) is 9.47 Å². The number of hydrogen-bond acceptors (Lipinski definition) is 5. The fraction of sp³-hybridized carbons (Fsp3) is 0.429. The number of carbonyl (C=O) groups excluding carboxylic acids is 1. The zero-order valence-corrected chi connectivity index (χ0v) is 15.6. The van der Waals surface area contributed by atoms with E-state index in [-0.39, 0.29) is 23.9 Å². The molecule has 1 aromatic heterocycles. The summed E-state index contributed by atoms with van der Waals surface area (Å²) < 4.78 is 25.4. The number of fused-ring (bicyclic) bond motifs is 2. The van der Waals surface area contributed by atoms with Crippen LogP contribution >= 0.6 is 0 Å². The van der Waals surface area contributed by atoms with Gasteiger partial charge in [-0.05, 0) is 37.1 Å². The smallest absolute Gasteiger partial charge is 0.255 e. The number of likely N-dealkylation sites (tertiary alicyclic amines) is 1. The first kappa shape index (κ1) is 18.8. The molecule has 2 aliphatic rings. The lowest BCUT2D eigenvalue weighted by Gasteiger charge is -2.23. The van der Waals surface area contributed by atoms with E-state index in [0.717, 1.165) is 18.5 Å². The van der Waals surface area contributed by atoms with Crippen LogP contribution in [0.25, 0.3) is 0 Å². The van der Waals surface area contributed by atoms with Gasteiger partial charge in [-0.1, -0.05) is 12.1 Å². The number of benzene rings is 1. The summed E-state index contributed by atoms with van der Waals surface area (Å²) in [4.78, 5) is 18.8. The Kier molecular flexibility index (Phi) is 5.83. The van der Waals surface area contributed by atoms with E-state index in [1.165, 1.54) is 12.3 Å². The van der Waals surface area contributed by atoms with Crippen LogP contribution in [0.3, 0.4) is 0 Å².